The molecule has 0 aliphatic heterocycles. The van der Waals surface area contributed by atoms with E-state index in [4.69, 9.17) is 5.11 Å². The second kappa shape index (κ2) is 7.60. The van der Waals surface area contributed by atoms with Crippen LogP contribution < -0.4 is 5.32 Å². The molecule has 0 saturated carbocycles. The number of amides is 1. The summed E-state index contributed by atoms with van der Waals surface area (Å²) >= 11 is 0. The van der Waals surface area contributed by atoms with Crippen molar-refractivity contribution in [3.05, 3.63) is 34.9 Å². The zero-order chi connectivity index (χ0) is 14.3. The minimum absolute atomic E-state index is 0.0759. The van der Waals surface area contributed by atoms with Crippen LogP contribution in [0.1, 0.15) is 48.2 Å². The molecular weight excluding hydrogens is 238 g/mol. The van der Waals surface area contributed by atoms with Gasteiger partial charge < -0.3 is 10.4 Å². The number of carbonyl (C=O) groups is 1. The Morgan fingerprint density at radius 1 is 1.47 bits per heavy atom. The van der Waals surface area contributed by atoms with E-state index < -0.39 is 0 Å². The number of nitrogens with one attached hydrogen (secondary N) is 1. The van der Waals surface area contributed by atoms with Crippen molar-refractivity contribution in [3.8, 4) is 11.8 Å². The Labute approximate surface area is 115 Å². The summed E-state index contributed by atoms with van der Waals surface area (Å²) in [6.45, 7) is 5.85. The topological polar surface area (TPSA) is 49.3 Å². The Kier molecular flexibility index (Phi) is 6.11. The first-order chi connectivity index (χ1) is 9.08. The third-order valence-electron chi connectivity index (χ3n) is 2.90. The zero-order valence-corrected chi connectivity index (χ0v) is 11.8. The Balaban J connectivity index is 2.86. The first kappa shape index (κ1) is 15.3. The molecule has 1 atom stereocenters. The first-order valence-corrected chi connectivity index (χ1v) is 6.59. The van der Waals surface area contributed by atoms with Crippen LogP contribution in [0.4, 0.5) is 0 Å². The van der Waals surface area contributed by atoms with E-state index in [-0.39, 0.29) is 18.6 Å². The summed E-state index contributed by atoms with van der Waals surface area (Å²) < 4.78 is 0. The molecule has 3 nitrogen and oxygen atoms in total. The molecule has 0 bridgehead atoms. The lowest BCUT2D eigenvalue weighted by molar-refractivity contribution is 0.0938. The van der Waals surface area contributed by atoms with E-state index in [1.807, 2.05) is 19.9 Å². The molecule has 102 valence electrons. The normalized spacial score (nSPS) is 11.4. The molecule has 1 rings (SSSR count). The Hall–Kier alpha value is -1.79. The Morgan fingerprint density at radius 3 is 2.84 bits per heavy atom. The molecule has 0 saturated heterocycles. The van der Waals surface area contributed by atoms with Gasteiger partial charge in [-0.25, -0.2) is 0 Å². The number of carbonyl (C=O) groups excluding carboxylic acids is 1. The van der Waals surface area contributed by atoms with Crippen molar-refractivity contribution in [1.29, 1.82) is 0 Å². The molecule has 19 heavy (non-hydrogen) atoms. The van der Waals surface area contributed by atoms with Crippen molar-refractivity contribution in [1.82, 2.24) is 5.32 Å². The van der Waals surface area contributed by atoms with Crippen LogP contribution in [-0.4, -0.2) is 23.7 Å². The lowest BCUT2D eigenvalue weighted by Crippen LogP contribution is -2.32. The molecule has 0 aliphatic rings. The van der Waals surface area contributed by atoms with Gasteiger partial charge in [0.25, 0.3) is 5.91 Å². The first-order valence-electron chi connectivity index (χ1n) is 6.59. The van der Waals surface area contributed by atoms with Gasteiger partial charge in [-0.15, -0.1) is 0 Å². The predicted molar refractivity (Wildman–Crippen MR) is 77.0 cm³/mol. The van der Waals surface area contributed by atoms with Gasteiger partial charge in [-0.1, -0.05) is 31.3 Å². The number of hydrogen-bond acceptors (Lipinski definition) is 2. The maximum atomic E-state index is 12.1. The maximum absolute atomic E-state index is 12.1. The van der Waals surface area contributed by atoms with Crippen molar-refractivity contribution in [2.75, 3.05) is 6.61 Å². The number of aliphatic hydroxyl groups excluding tert-OH is 1. The second-order valence-corrected chi connectivity index (χ2v) is 4.65. The van der Waals surface area contributed by atoms with E-state index in [1.54, 1.807) is 12.1 Å². The van der Waals surface area contributed by atoms with Crippen LogP contribution >= 0.6 is 0 Å². The summed E-state index contributed by atoms with van der Waals surface area (Å²) in [5, 5.41) is 11.7. The molecule has 0 fully saturated rings. The Bertz CT molecular complexity index is 497. The van der Waals surface area contributed by atoms with E-state index in [9.17, 15) is 4.79 Å². The van der Waals surface area contributed by atoms with E-state index in [2.05, 4.69) is 24.1 Å². The van der Waals surface area contributed by atoms with Crippen LogP contribution in [0.15, 0.2) is 18.2 Å². The number of aryl methyl sites for hydroxylation is 1. The fraction of sp³-hybridized carbons (Fsp3) is 0.438. The van der Waals surface area contributed by atoms with Crippen molar-refractivity contribution >= 4 is 5.91 Å². The van der Waals surface area contributed by atoms with Crippen LogP contribution in [0.3, 0.4) is 0 Å². The van der Waals surface area contributed by atoms with Crippen LogP contribution in [0, 0.1) is 18.8 Å². The predicted octanol–water partition coefficient (Wildman–Crippen LogP) is 2.26. The summed E-state index contributed by atoms with van der Waals surface area (Å²) in [6, 6.07) is 5.62. The minimum Gasteiger partial charge on any atom is -0.384 e. The molecule has 1 amide bonds. The minimum atomic E-state index is -0.177. The summed E-state index contributed by atoms with van der Waals surface area (Å²) in [7, 11) is 0. The summed E-state index contributed by atoms with van der Waals surface area (Å²) in [4.78, 5) is 12.1. The molecule has 2 N–H and O–H groups in total. The van der Waals surface area contributed by atoms with E-state index in [0.717, 1.165) is 24.0 Å². The third-order valence-corrected chi connectivity index (χ3v) is 2.90. The number of benzene rings is 1. The van der Waals surface area contributed by atoms with Crippen molar-refractivity contribution < 1.29 is 9.90 Å². The summed E-state index contributed by atoms with van der Waals surface area (Å²) in [5.41, 5.74) is 2.39. The zero-order valence-electron chi connectivity index (χ0n) is 11.8. The van der Waals surface area contributed by atoms with Crippen molar-refractivity contribution in [2.45, 2.75) is 39.7 Å². The quantitative estimate of drug-likeness (QED) is 0.815. The average molecular weight is 259 g/mol. The fourth-order valence-electron chi connectivity index (χ4n) is 1.84. The molecule has 1 aromatic carbocycles. The maximum Gasteiger partial charge on any atom is 0.251 e. The standard InChI is InChI=1S/C16H21NO2/c1-4-6-13(3)17-16(19)15-9-8-12(2)14(11-15)7-5-10-18/h8-9,11,13,18H,4,6,10H2,1-3H3,(H,17,19). The van der Waals surface area contributed by atoms with Gasteiger partial charge in [0, 0.05) is 17.2 Å². The lowest BCUT2D eigenvalue weighted by atomic mass is 10.0. The van der Waals surface area contributed by atoms with Crippen LogP contribution in [0.5, 0.6) is 0 Å². The highest BCUT2D eigenvalue weighted by Crippen LogP contribution is 2.10. The van der Waals surface area contributed by atoms with Gasteiger partial charge in [-0.2, -0.15) is 0 Å². The van der Waals surface area contributed by atoms with Gasteiger partial charge in [0.2, 0.25) is 0 Å². The third kappa shape index (κ3) is 4.76. The average Bonchev–Trinajstić information content (AvgIpc) is 2.37. The van der Waals surface area contributed by atoms with Gasteiger partial charge in [-0.05, 0) is 38.0 Å². The molecule has 0 aromatic heterocycles. The van der Waals surface area contributed by atoms with Gasteiger partial charge in [0.15, 0.2) is 0 Å². The molecule has 3 heteroatoms. The van der Waals surface area contributed by atoms with Gasteiger partial charge in [0.1, 0.15) is 6.61 Å². The molecule has 0 spiro atoms. The highest BCUT2D eigenvalue weighted by atomic mass is 16.2. The largest absolute Gasteiger partial charge is 0.384 e. The lowest BCUT2D eigenvalue weighted by Gasteiger charge is -2.13. The van der Waals surface area contributed by atoms with Crippen LogP contribution in [0.2, 0.25) is 0 Å². The van der Waals surface area contributed by atoms with E-state index >= 15 is 0 Å². The van der Waals surface area contributed by atoms with E-state index in [0.29, 0.717) is 5.56 Å². The molecule has 1 unspecified atom stereocenters. The number of rotatable bonds is 4. The smallest absolute Gasteiger partial charge is 0.251 e. The van der Waals surface area contributed by atoms with Crippen molar-refractivity contribution in [3.63, 3.8) is 0 Å². The summed E-state index contributed by atoms with van der Waals surface area (Å²) in [6.07, 6.45) is 2.01. The molecule has 0 heterocycles. The monoisotopic (exact) mass is 259 g/mol. The molecule has 0 radical (unpaired) electrons. The van der Waals surface area contributed by atoms with Crippen LogP contribution in [0.25, 0.3) is 0 Å². The molecule has 1 aromatic rings. The Morgan fingerprint density at radius 2 is 2.21 bits per heavy atom. The second-order valence-electron chi connectivity index (χ2n) is 4.65. The number of aliphatic hydroxyl groups is 1. The number of hydrogen-bond donors (Lipinski definition) is 2. The van der Waals surface area contributed by atoms with Crippen LogP contribution in [-0.2, 0) is 0 Å². The van der Waals surface area contributed by atoms with Gasteiger partial charge >= 0.3 is 0 Å². The SMILES string of the molecule is CCCC(C)NC(=O)c1ccc(C)c(C#CCO)c1. The highest BCUT2D eigenvalue weighted by Gasteiger charge is 2.10. The van der Waals surface area contributed by atoms with Gasteiger partial charge in [0.05, 0.1) is 0 Å². The molecule has 0 aliphatic carbocycles. The van der Waals surface area contributed by atoms with Crippen molar-refractivity contribution in [2.24, 2.45) is 0 Å². The molecular formula is C16H21NO2. The summed E-state index contributed by atoms with van der Waals surface area (Å²) in [5.74, 6) is 5.39. The van der Waals surface area contributed by atoms with Gasteiger partial charge in [-0.3, -0.25) is 4.79 Å². The fourth-order valence-corrected chi connectivity index (χ4v) is 1.84. The highest BCUT2D eigenvalue weighted by molar-refractivity contribution is 5.94. The van der Waals surface area contributed by atoms with E-state index in [1.165, 1.54) is 0 Å².